The highest BCUT2D eigenvalue weighted by Gasteiger charge is 2.17. The fourth-order valence-electron chi connectivity index (χ4n) is 2.92. The Morgan fingerprint density at radius 2 is 2.12 bits per heavy atom. The monoisotopic (exact) mass is 369 g/mol. The Balaban J connectivity index is 1.56. The Kier molecular flexibility index (Phi) is 4.71. The van der Waals surface area contributed by atoms with E-state index in [-0.39, 0.29) is 5.78 Å². The van der Waals surface area contributed by atoms with E-state index in [0.717, 1.165) is 34.5 Å². The largest absolute Gasteiger partial charge is 0.486 e. The van der Waals surface area contributed by atoms with Crippen molar-refractivity contribution in [2.75, 3.05) is 19.0 Å². The van der Waals surface area contributed by atoms with Gasteiger partial charge in [-0.1, -0.05) is 11.8 Å². The maximum absolute atomic E-state index is 12.2. The van der Waals surface area contributed by atoms with Crippen molar-refractivity contribution in [2.45, 2.75) is 18.6 Å². The van der Waals surface area contributed by atoms with Crippen molar-refractivity contribution in [3.63, 3.8) is 0 Å². The molecule has 26 heavy (non-hydrogen) atoms. The standard InChI is InChI=1S/C19H19N3O3S/c1-2-22-15(13-5-6-17-18(10-13)25-9-8-24-17)11-21-19(22)26-12-16(23)14-4-3-7-20-14/h3-7,10-11,20H,2,8-9,12H2,1H3. The number of nitrogens with zero attached hydrogens (tertiary/aromatic N) is 2. The number of aromatic nitrogens is 3. The second-order valence-electron chi connectivity index (χ2n) is 5.82. The second-order valence-corrected chi connectivity index (χ2v) is 6.77. The summed E-state index contributed by atoms with van der Waals surface area (Å²) in [5, 5.41) is 0.831. The number of ketones is 1. The highest BCUT2D eigenvalue weighted by atomic mass is 32.2. The number of thioether (sulfide) groups is 1. The molecule has 7 heteroatoms. The van der Waals surface area contributed by atoms with Gasteiger partial charge in [0.1, 0.15) is 13.2 Å². The van der Waals surface area contributed by atoms with Crippen LogP contribution < -0.4 is 9.47 Å². The van der Waals surface area contributed by atoms with Gasteiger partial charge in [0.25, 0.3) is 0 Å². The smallest absolute Gasteiger partial charge is 0.189 e. The molecule has 2 aromatic heterocycles. The Morgan fingerprint density at radius 3 is 2.88 bits per heavy atom. The number of ether oxygens (including phenoxy) is 2. The van der Waals surface area contributed by atoms with Gasteiger partial charge >= 0.3 is 0 Å². The summed E-state index contributed by atoms with van der Waals surface area (Å²) >= 11 is 1.45. The zero-order valence-corrected chi connectivity index (χ0v) is 15.2. The van der Waals surface area contributed by atoms with Crippen LogP contribution in [0.25, 0.3) is 11.3 Å². The lowest BCUT2D eigenvalue weighted by Crippen LogP contribution is -2.15. The summed E-state index contributed by atoms with van der Waals surface area (Å²) in [6, 6.07) is 9.53. The van der Waals surface area contributed by atoms with Crippen molar-refractivity contribution in [1.29, 1.82) is 0 Å². The van der Waals surface area contributed by atoms with Crippen molar-refractivity contribution >= 4 is 17.5 Å². The average Bonchev–Trinajstić information content (AvgIpc) is 3.35. The van der Waals surface area contributed by atoms with E-state index < -0.39 is 0 Å². The summed E-state index contributed by atoms with van der Waals surface area (Å²) in [6.45, 7) is 3.98. The number of H-pyrrole nitrogens is 1. The first-order valence-electron chi connectivity index (χ1n) is 8.51. The van der Waals surface area contributed by atoms with Gasteiger partial charge in [0.15, 0.2) is 22.4 Å². The number of rotatable bonds is 6. The molecule has 0 saturated heterocycles. The van der Waals surface area contributed by atoms with Gasteiger partial charge in [0.2, 0.25) is 0 Å². The number of carbonyl (C=O) groups is 1. The molecule has 0 fully saturated rings. The molecule has 0 amide bonds. The maximum atomic E-state index is 12.2. The zero-order chi connectivity index (χ0) is 17.9. The third-order valence-electron chi connectivity index (χ3n) is 4.20. The fourth-order valence-corrected chi connectivity index (χ4v) is 3.85. The Labute approximate surface area is 155 Å². The van der Waals surface area contributed by atoms with Gasteiger partial charge in [-0.3, -0.25) is 4.79 Å². The van der Waals surface area contributed by atoms with Crippen LogP contribution in [0.1, 0.15) is 17.4 Å². The van der Waals surface area contributed by atoms with Gasteiger partial charge in [-0.25, -0.2) is 4.98 Å². The highest BCUT2D eigenvalue weighted by molar-refractivity contribution is 7.99. The summed E-state index contributed by atoms with van der Waals surface area (Å²) < 4.78 is 13.4. The lowest BCUT2D eigenvalue weighted by Gasteiger charge is -2.19. The van der Waals surface area contributed by atoms with Crippen molar-refractivity contribution in [2.24, 2.45) is 0 Å². The number of hydrogen-bond donors (Lipinski definition) is 1. The first-order chi connectivity index (χ1) is 12.8. The summed E-state index contributed by atoms with van der Waals surface area (Å²) in [7, 11) is 0. The van der Waals surface area contributed by atoms with Crippen molar-refractivity contribution in [3.8, 4) is 22.8 Å². The van der Waals surface area contributed by atoms with E-state index in [9.17, 15) is 4.79 Å². The number of nitrogens with one attached hydrogen (secondary N) is 1. The SMILES string of the molecule is CCn1c(-c2ccc3c(c2)OCCO3)cnc1SCC(=O)c1ccc[nH]1. The Morgan fingerprint density at radius 1 is 1.27 bits per heavy atom. The minimum Gasteiger partial charge on any atom is -0.486 e. The molecule has 3 heterocycles. The van der Waals surface area contributed by atoms with Crippen LogP contribution in [-0.2, 0) is 6.54 Å². The summed E-state index contributed by atoms with van der Waals surface area (Å²) in [5.74, 6) is 1.94. The Hall–Kier alpha value is -2.67. The maximum Gasteiger partial charge on any atom is 0.189 e. The third-order valence-corrected chi connectivity index (χ3v) is 5.19. The van der Waals surface area contributed by atoms with E-state index >= 15 is 0 Å². The van der Waals surface area contributed by atoms with Gasteiger partial charge in [0, 0.05) is 18.3 Å². The molecule has 0 atom stereocenters. The van der Waals surface area contributed by atoms with Gasteiger partial charge in [-0.05, 0) is 37.3 Å². The number of hydrogen-bond acceptors (Lipinski definition) is 5. The number of carbonyl (C=O) groups excluding carboxylic acids is 1. The van der Waals surface area contributed by atoms with Gasteiger partial charge < -0.3 is 19.0 Å². The van der Waals surface area contributed by atoms with Gasteiger partial charge in [-0.15, -0.1) is 0 Å². The molecule has 0 unspecified atom stereocenters. The van der Waals surface area contributed by atoms with E-state index in [1.54, 1.807) is 12.3 Å². The molecular formula is C19H19N3O3S. The predicted molar refractivity (Wildman–Crippen MR) is 100 cm³/mol. The van der Waals surface area contributed by atoms with Crippen LogP contribution in [0.15, 0.2) is 47.9 Å². The van der Waals surface area contributed by atoms with Gasteiger partial charge in [0.05, 0.1) is 23.3 Å². The van der Waals surface area contributed by atoms with Crippen LogP contribution in [0.5, 0.6) is 11.5 Å². The molecule has 1 aliphatic heterocycles. The van der Waals surface area contributed by atoms with E-state index in [4.69, 9.17) is 9.47 Å². The normalized spacial score (nSPS) is 13.0. The van der Waals surface area contributed by atoms with Crippen LogP contribution in [0.2, 0.25) is 0 Å². The molecule has 0 aliphatic carbocycles. The minimum absolute atomic E-state index is 0.0616. The molecule has 0 spiro atoms. The van der Waals surface area contributed by atoms with E-state index in [1.165, 1.54) is 11.8 Å². The average molecular weight is 369 g/mol. The van der Waals surface area contributed by atoms with Crippen LogP contribution >= 0.6 is 11.8 Å². The summed E-state index contributed by atoms with van der Waals surface area (Å²) in [4.78, 5) is 19.7. The van der Waals surface area contributed by atoms with E-state index in [2.05, 4.69) is 21.5 Å². The molecule has 6 nitrogen and oxygen atoms in total. The molecule has 1 aromatic carbocycles. The summed E-state index contributed by atoms with van der Waals surface area (Å²) in [5.41, 5.74) is 2.64. The van der Waals surface area contributed by atoms with Crippen LogP contribution in [-0.4, -0.2) is 39.3 Å². The van der Waals surface area contributed by atoms with Crippen molar-refractivity contribution < 1.29 is 14.3 Å². The Bertz CT molecular complexity index is 918. The molecular weight excluding hydrogens is 350 g/mol. The van der Waals surface area contributed by atoms with E-state index in [0.29, 0.717) is 24.7 Å². The first kappa shape index (κ1) is 16.8. The minimum atomic E-state index is 0.0616. The third kappa shape index (κ3) is 3.22. The van der Waals surface area contributed by atoms with Crippen LogP contribution in [0.3, 0.4) is 0 Å². The number of Topliss-reactive ketones (excluding diaryl/α,β-unsaturated/α-hetero) is 1. The molecule has 0 bridgehead atoms. The lowest BCUT2D eigenvalue weighted by atomic mass is 10.1. The number of aromatic amines is 1. The van der Waals surface area contributed by atoms with E-state index in [1.807, 2.05) is 30.5 Å². The number of imidazole rings is 1. The quantitative estimate of drug-likeness (QED) is 0.531. The lowest BCUT2D eigenvalue weighted by molar-refractivity contribution is 0.101. The van der Waals surface area contributed by atoms with Gasteiger partial charge in [-0.2, -0.15) is 0 Å². The molecule has 0 radical (unpaired) electrons. The van der Waals surface area contributed by atoms with Crippen LogP contribution in [0.4, 0.5) is 0 Å². The van der Waals surface area contributed by atoms with Crippen molar-refractivity contribution in [1.82, 2.24) is 14.5 Å². The first-order valence-corrected chi connectivity index (χ1v) is 9.49. The molecule has 1 N–H and O–H groups in total. The van der Waals surface area contributed by atoms with Crippen LogP contribution in [0, 0.1) is 0 Å². The fraction of sp³-hybridized carbons (Fsp3) is 0.263. The summed E-state index contributed by atoms with van der Waals surface area (Å²) in [6.07, 6.45) is 3.60. The van der Waals surface area contributed by atoms with Crippen molar-refractivity contribution in [3.05, 3.63) is 48.4 Å². The number of benzene rings is 1. The molecule has 4 rings (SSSR count). The number of fused-ring (bicyclic) bond motifs is 1. The predicted octanol–water partition coefficient (Wildman–Crippen LogP) is 3.64. The molecule has 1 aliphatic rings. The second kappa shape index (κ2) is 7.29. The molecule has 134 valence electrons. The topological polar surface area (TPSA) is 69.1 Å². The highest BCUT2D eigenvalue weighted by Crippen LogP contribution is 2.35. The molecule has 3 aromatic rings. The zero-order valence-electron chi connectivity index (χ0n) is 14.4. The molecule has 0 saturated carbocycles.